The van der Waals surface area contributed by atoms with E-state index in [0.717, 1.165) is 16.9 Å². The van der Waals surface area contributed by atoms with Gasteiger partial charge in [-0.25, -0.2) is 0 Å². The number of hydrogen-bond donors (Lipinski definition) is 1. The third-order valence-corrected chi connectivity index (χ3v) is 3.87. The van der Waals surface area contributed by atoms with E-state index < -0.39 is 0 Å². The summed E-state index contributed by atoms with van der Waals surface area (Å²) in [5.74, 6) is 1.82. The Bertz CT molecular complexity index is 953. The first-order valence-corrected chi connectivity index (χ1v) is 8.46. The van der Waals surface area contributed by atoms with E-state index >= 15 is 0 Å². The highest BCUT2D eigenvalue weighted by atomic mass is 16.5. The number of nitrogens with zero attached hydrogens (tertiary/aromatic N) is 1. The van der Waals surface area contributed by atoms with E-state index in [0.29, 0.717) is 17.2 Å². The molecule has 1 heterocycles. The maximum absolute atomic E-state index is 12.4. The molecule has 0 radical (unpaired) electrons. The fourth-order valence-electron chi connectivity index (χ4n) is 2.60. The summed E-state index contributed by atoms with van der Waals surface area (Å²) < 4.78 is 11.1. The predicted molar refractivity (Wildman–Crippen MR) is 106 cm³/mol. The van der Waals surface area contributed by atoms with Gasteiger partial charge in [0, 0.05) is 35.8 Å². The number of para-hydroxylation sites is 1. The van der Waals surface area contributed by atoms with Gasteiger partial charge in [-0.2, -0.15) is 0 Å². The zero-order valence-electron chi connectivity index (χ0n) is 15.2. The van der Waals surface area contributed by atoms with Crippen LogP contribution in [0.3, 0.4) is 0 Å². The van der Waals surface area contributed by atoms with E-state index in [2.05, 4.69) is 10.3 Å². The molecule has 5 heteroatoms. The smallest absolute Gasteiger partial charge is 0.248 e. The van der Waals surface area contributed by atoms with Crippen molar-refractivity contribution in [3.8, 4) is 17.2 Å². The summed E-state index contributed by atoms with van der Waals surface area (Å²) >= 11 is 0. The molecule has 0 spiro atoms. The number of benzene rings is 2. The number of amides is 1. The Labute approximate surface area is 158 Å². The molecule has 0 unspecified atom stereocenters. The van der Waals surface area contributed by atoms with Crippen LogP contribution in [-0.2, 0) is 4.79 Å². The summed E-state index contributed by atoms with van der Waals surface area (Å²) in [5, 5.41) is 2.86. The van der Waals surface area contributed by atoms with E-state index in [-0.39, 0.29) is 5.91 Å². The summed E-state index contributed by atoms with van der Waals surface area (Å²) in [6.45, 7) is 1.88. The van der Waals surface area contributed by atoms with Gasteiger partial charge in [0.05, 0.1) is 7.11 Å². The van der Waals surface area contributed by atoms with Gasteiger partial charge < -0.3 is 14.8 Å². The first-order valence-electron chi connectivity index (χ1n) is 8.46. The zero-order chi connectivity index (χ0) is 19.1. The molecule has 0 fully saturated rings. The lowest BCUT2D eigenvalue weighted by molar-refractivity contribution is -0.111. The van der Waals surface area contributed by atoms with E-state index in [1.807, 2.05) is 49.4 Å². The zero-order valence-corrected chi connectivity index (χ0v) is 15.2. The van der Waals surface area contributed by atoms with Gasteiger partial charge in [0.15, 0.2) is 0 Å². The Kier molecular flexibility index (Phi) is 5.84. The number of carbonyl (C=O) groups excluding carboxylic acids is 1. The van der Waals surface area contributed by atoms with Crippen molar-refractivity contribution in [2.75, 3.05) is 12.4 Å². The van der Waals surface area contributed by atoms with E-state index in [1.54, 1.807) is 43.8 Å². The third-order valence-electron chi connectivity index (χ3n) is 3.87. The quantitative estimate of drug-likeness (QED) is 0.634. The average molecular weight is 360 g/mol. The summed E-state index contributed by atoms with van der Waals surface area (Å²) in [6, 6.07) is 18.3. The molecule has 27 heavy (non-hydrogen) atoms. The maximum Gasteiger partial charge on any atom is 0.248 e. The molecule has 3 rings (SSSR count). The number of allylic oxidation sites excluding steroid dienone is 1. The topological polar surface area (TPSA) is 60.5 Å². The second-order valence-electron chi connectivity index (χ2n) is 5.83. The summed E-state index contributed by atoms with van der Waals surface area (Å²) in [6.07, 6.45) is 4.87. The first-order chi connectivity index (χ1) is 13.2. The monoisotopic (exact) mass is 360 g/mol. The highest BCUT2D eigenvalue weighted by Gasteiger charge is 2.07. The number of methoxy groups -OCH3 is 1. The van der Waals surface area contributed by atoms with Gasteiger partial charge in [0.2, 0.25) is 5.91 Å². The summed E-state index contributed by atoms with van der Waals surface area (Å²) in [7, 11) is 1.61. The van der Waals surface area contributed by atoms with Gasteiger partial charge in [-0.1, -0.05) is 24.3 Å². The Morgan fingerprint density at radius 3 is 2.56 bits per heavy atom. The Morgan fingerprint density at radius 2 is 1.78 bits per heavy atom. The normalized spacial score (nSPS) is 11.0. The number of anilines is 1. The second kappa shape index (κ2) is 8.67. The predicted octanol–water partition coefficient (Wildman–Crippen LogP) is 4.92. The molecule has 0 saturated heterocycles. The molecule has 1 amide bonds. The number of pyridine rings is 1. The SMILES string of the molecule is COc1ccccc1C(C)=CC(=O)Nc1cccc(Oc2ccncc2)c1. The van der Waals surface area contributed by atoms with Crippen molar-refractivity contribution in [1.82, 2.24) is 4.98 Å². The minimum Gasteiger partial charge on any atom is -0.496 e. The van der Waals surface area contributed by atoms with Gasteiger partial charge in [0.1, 0.15) is 17.2 Å². The van der Waals surface area contributed by atoms with Gasteiger partial charge >= 0.3 is 0 Å². The summed E-state index contributed by atoms with van der Waals surface area (Å²) in [4.78, 5) is 16.3. The number of nitrogens with one attached hydrogen (secondary N) is 1. The molecule has 0 aliphatic heterocycles. The minimum absolute atomic E-state index is 0.223. The molecule has 5 nitrogen and oxygen atoms in total. The van der Waals surface area contributed by atoms with Crippen LogP contribution >= 0.6 is 0 Å². The van der Waals surface area contributed by atoms with Crippen LogP contribution < -0.4 is 14.8 Å². The molecule has 0 aliphatic carbocycles. The van der Waals surface area contributed by atoms with Crippen molar-refractivity contribution in [1.29, 1.82) is 0 Å². The fourth-order valence-corrected chi connectivity index (χ4v) is 2.60. The first kappa shape index (κ1) is 18.2. The van der Waals surface area contributed by atoms with Crippen LogP contribution in [0.1, 0.15) is 12.5 Å². The number of rotatable bonds is 6. The molecular weight excluding hydrogens is 340 g/mol. The lowest BCUT2D eigenvalue weighted by Crippen LogP contribution is -2.08. The second-order valence-corrected chi connectivity index (χ2v) is 5.83. The Hall–Kier alpha value is -3.60. The largest absolute Gasteiger partial charge is 0.496 e. The summed E-state index contributed by atoms with van der Waals surface area (Å²) in [5.41, 5.74) is 2.34. The van der Waals surface area contributed by atoms with Crippen LogP contribution in [0, 0.1) is 0 Å². The van der Waals surface area contributed by atoms with Crippen molar-refractivity contribution in [3.05, 3.63) is 84.7 Å². The fraction of sp³-hybridized carbons (Fsp3) is 0.0909. The maximum atomic E-state index is 12.4. The molecule has 1 aromatic heterocycles. The van der Waals surface area contributed by atoms with Gasteiger partial charge in [-0.05, 0) is 42.8 Å². The standard InChI is InChI=1S/C22H20N2O3/c1-16(20-8-3-4-9-21(20)26-2)14-22(25)24-17-6-5-7-19(15-17)27-18-10-12-23-13-11-18/h3-15H,1-2H3,(H,24,25). The van der Waals surface area contributed by atoms with Crippen LogP contribution in [0.2, 0.25) is 0 Å². The van der Waals surface area contributed by atoms with Crippen LogP contribution in [0.25, 0.3) is 5.57 Å². The van der Waals surface area contributed by atoms with E-state index in [4.69, 9.17) is 9.47 Å². The van der Waals surface area contributed by atoms with Crippen molar-refractivity contribution in [3.63, 3.8) is 0 Å². The minimum atomic E-state index is -0.223. The van der Waals surface area contributed by atoms with Crippen LogP contribution in [-0.4, -0.2) is 18.0 Å². The number of carbonyl (C=O) groups is 1. The molecule has 2 aromatic carbocycles. The van der Waals surface area contributed by atoms with Crippen molar-refractivity contribution in [2.45, 2.75) is 6.92 Å². The van der Waals surface area contributed by atoms with Crippen molar-refractivity contribution in [2.24, 2.45) is 0 Å². The highest BCUT2D eigenvalue weighted by Crippen LogP contribution is 2.26. The Balaban J connectivity index is 1.71. The average Bonchev–Trinajstić information content (AvgIpc) is 2.69. The molecule has 0 aliphatic rings. The number of ether oxygens (including phenoxy) is 2. The lowest BCUT2D eigenvalue weighted by atomic mass is 10.1. The molecule has 1 N–H and O–H groups in total. The Morgan fingerprint density at radius 1 is 1.00 bits per heavy atom. The highest BCUT2D eigenvalue weighted by molar-refractivity contribution is 6.04. The van der Waals surface area contributed by atoms with E-state index in [1.165, 1.54) is 0 Å². The number of aromatic nitrogens is 1. The van der Waals surface area contributed by atoms with Gasteiger partial charge in [-0.15, -0.1) is 0 Å². The van der Waals surface area contributed by atoms with Crippen LogP contribution in [0.15, 0.2) is 79.1 Å². The third kappa shape index (κ3) is 4.95. The van der Waals surface area contributed by atoms with Crippen molar-refractivity contribution >= 4 is 17.2 Å². The van der Waals surface area contributed by atoms with Gasteiger partial charge in [0.25, 0.3) is 0 Å². The molecule has 0 atom stereocenters. The van der Waals surface area contributed by atoms with Crippen molar-refractivity contribution < 1.29 is 14.3 Å². The van der Waals surface area contributed by atoms with Crippen LogP contribution in [0.4, 0.5) is 5.69 Å². The van der Waals surface area contributed by atoms with Gasteiger partial charge in [-0.3, -0.25) is 9.78 Å². The molecule has 3 aromatic rings. The molecule has 0 bridgehead atoms. The molecular formula is C22H20N2O3. The number of hydrogen-bond acceptors (Lipinski definition) is 4. The lowest BCUT2D eigenvalue weighted by Gasteiger charge is -2.10. The molecule has 136 valence electrons. The molecule has 0 saturated carbocycles. The van der Waals surface area contributed by atoms with Crippen LogP contribution in [0.5, 0.6) is 17.2 Å². The van der Waals surface area contributed by atoms with E-state index in [9.17, 15) is 4.79 Å².